The zero-order chi connectivity index (χ0) is 12.2. The molecule has 0 spiro atoms. The highest BCUT2D eigenvalue weighted by molar-refractivity contribution is 7.86. The monoisotopic (exact) mass is 240 g/mol. The topological polar surface area (TPSA) is 43.4 Å². The lowest BCUT2D eigenvalue weighted by Gasteiger charge is -2.11. The Morgan fingerprint density at radius 2 is 1.94 bits per heavy atom. The van der Waals surface area contributed by atoms with Crippen LogP contribution in [0.4, 0.5) is 0 Å². The van der Waals surface area contributed by atoms with Crippen molar-refractivity contribution in [3.8, 4) is 0 Å². The van der Waals surface area contributed by atoms with Gasteiger partial charge >= 0.3 is 0 Å². The average molecular weight is 240 g/mol. The number of aryl methyl sites for hydroxylation is 1. The summed E-state index contributed by atoms with van der Waals surface area (Å²) in [5.74, 6) is 0. The van der Waals surface area contributed by atoms with Crippen molar-refractivity contribution in [1.29, 1.82) is 0 Å². The van der Waals surface area contributed by atoms with Gasteiger partial charge in [0.2, 0.25) is 0 Å². The Morgan fingerprint density at radius 3 is 2.44 bits per heavy atom. The summed E-state index contributed by atoms with van der Waals surface area (Å²) in [5, 5.41) is 0. The lowest BCUT2D eigenvalue weighted by Crippen LogP contribution is -2.14. The maximum absolute atomic E-state index is 11.8. The van der Waals surface area contributed by atoms with E-state index in [1.165, 1.54) is 0 Å². The van der Waals surface area contributed by atoms with Gasteiger partial charge in [-0.05, 0) is 32.4 Å². The molecular weight excluding hydrogens is 224 g/mol. The average Bonchev–Trinajstić information content (AvgIpc) is 2.17. The molecule has 0 saturated carbocycles. The quantitative estimate of drug-likeness (QED) is 0.587. The van der Waals surface area contributed by atoms with Crippen molar-refractivity contribution in [2.75, 3.05) is 0 Å². The van der Waals surface area contributed by atoms with Gasteiger partial charge in [0.15, 0.2) is 0 Å². The summed E-state index contributed by atoms with van der Waals surface area (Å²) < 4.78 is 28.5. The highest BCUT2D eigenvalue weighted by atomic mass is 32.2. The standard InChI is InChI=1S/C12H16O3S/c1-4-5-11(3)15-16(13,14)12-8-6-10(2)7-9-12/h4,6-9,11H,1,5H2,2-3H3. The molecule has 1 unspecified atom stereocenters. The van der Waals surface area contributed by atoms with Crippen LogP contribution in [0.15, 0.2) is 41.8 Å². The Kier molecular flexibility index (Phi) is 4.26. The normalized spacial score (nSPS) is 13.4. The smallest absolute Gasteiger partial charge is 0.263 e. The predicted molar refractivity (Wildman–Crippen MR) is 63.7 cm³/mol. The fourth-order valence-corrected chi connectivity index (χ4v) is 2.34. The van der Waals surface area contributed by atoms with E-state index >= 15 is 0 Å². The molecule has 3 nitrogen and oxygen atoms in total. The van der Waals surface area contributed by atoms with E-state index in [1.807, 2.05) is 6.92 Å². The van der Waals surface area contributed by atoms with Gasteiger partial charge in [-0.15, -0.1) is 6.58 Å². The molecule has 1 rings (SSSR count). The molecule has 0 bridgehead atoms. The van der Waals surface area contributed by atoms with E-state index in [1.54, 1.807) is 37.3 Å². The Labute approximate surface area is 96.9 Å². The van der Waals surface area contributed by atoms with Crippen LogP contribution in [0.1, 0.15) is 18.9 Å². The van der Waals surface area contributed by atoms with Crippen LogP contribution in [0.3, 0.4) is 0 Å². The second-order valence-electron chi connectivity index (χ2n) is 3.70. The highest BCUT2D eigenvalue weighted by Gasteiger charge is 2.17. The maximum atomic E-state index is 11.8. The van der Waals surface area contributed by atoms with E-state index < -0.39 is 10.1 Å². The first-order chi connectivity index (χ1) is 7.45. The zero-order valence-electron chi connectivity index (χ0n) is 9.51. The summed E-state index contributed by atoms with van der Waals surface area (Å²) in [6.07, 6.45) is 1.75. The number of rotatable bonds is 5. The molecule has 0 aliphatic carbocycles. The zero-order valence-corrected chi connectivity index (χ0v) is 10.3. The maximum Gasteiger partial charge on any atom is 0.297 e. The van der Waals surface area contributed by atoms with Gasteiger partial charge in [0.1, 0.15) is 0 Å². The van der Waals surface area contributed by atoms with Crippen LogP contribution in [0, 0.1) is 6.92 Å². The van der Waals surface area contributed by atoms with E-state index in [0.717, 1.165) is 5.56 Å². The molecule has 1 atom stereocenters. The minimum Gasteiger partial charge on any atom is -0.263 e. The van der Waals surface area contributed by atoms with E-state index in [0.29, 0.717) is 6.42 Å². The van der Waals surface area contributed by atoms with E-state index in [-0.39, 0.29) is 11.0 Å². The van der Waals surface area contributed by atoms with Crippen molar-refractivity contribution in [2.24, 2.45) is 0 Å². The Hall–Kier alpha value is -1.13. The molecular formula is C12H16O3S. The fourth-order valence-electron chi connectivity index (χ4n) is 1.25. The van der Waals surface area contributed by atoms with Gasteiger partial charge in [0.05, 0.1) is 11.0 Å². The molecule has 1 aromatic carbocycles. The summed E-state index contributed by atoms with van der Waals surface area (Å²) in [4.78, 5) is 0.189. The van der Waals surface area contributed by atoms with E-state index in [4.69, 9.17) is 4.18 Å². The van der Waals surface area contributed by atoms with Crippen molar-refractivity contribution < 1.29 is 12.6 Å². The summed E-state index contributed by atoms with van der Waals surface area (Å²) in [6, 6.07) is 6.58. The molecule has 88 valence electrons. The van der Waals surface area contributed by atoms with Crippen molar-refractivity contribution in [2.45, 2.75) is 31.3 Å². The lowest BCUT2D eigenvalue weighted by atomic mass is 10.2. The van der Waals surface area contributed by atoms with Gasteiger partial charge < -0.3 is 0 Å². The number of benzene rings is 1. The molecule has 0 aromatic heterocycles. The molecule has 0 aliphatic rings. The first-order valence-corrected chi connectivity index (χ1v) is 6.47. The summed E-state index contributed by atoms with van der Waals surface area (Å²) in [5.41, 5.74) is 1.01. The molecule has 0 saturated heterocycles. The van der Waals surface area contributed by atoms with Gasteiger partial charge in [-0.25, -0.2) is 0 Å². The number of hydrogen-bond acceptors (Lipinski definition) is 3. The van der Waals surface area contributed by atoms with Crippen LogP contribution in [0.2, 0.25) is 0 Å². The van der Waals surface area contributed by atoms with Gasteiger partial charge in [-0.2, -0.15) is 8.42 Å². The first-order valence-electron chi connectivity index (χ1n) is 5.06. The summed E-state index contributed by atoms with van der Waals surface area (Å²) in [6.45, 7) is 7.14. The van der Waals surface area contributed by atoms with Crippen LogP contribution in [-0.2, 0) is 14.3 Å². The molecule has 0 fully saturated rings. The third-order valence-electron chi connectivity index (χ3n) is 2.10. The van der Waals surface area contributed by atoms with E-state index in [2.05, 4.69) is 6.58 Å². The van der Waals surface area contributed by atoms with Gasteiger partial charge in [-0.3, -0.25) is 4.18 Å². The van der Waals surface area contributed by atoms with Crippen LogP contribution >= 0.6 is 0 Å². The molecule has 4 heteroatoms. The molecule has 0 N–H and O–H groups in total. The largest absolute Gasteiger partial charge is 0.297 e. The Balaban J connectivity index is 2.85. The lowest BCUT2D eigenvalue weighted by molar-refractivity contribution is 0.232. The Bertz CT molecular complexity index is 446. The SMILES string of the molecule is C=CCC(C)OS(=O)(=O)c1ccc(C)cc1. The Morgan fingerprint density at radius 1 is 1.38 bits per heavy atom. The van der Waals surface area contributed by atoms with Crippen LogP contribution in [-0.4, -0.2) is 14.5 Å². The van der Waals surface area contributed by atoms with Crippen LogP contribution < -0.4 is 0 Å². The van der Waals surface area contributed by atoms with Crippen LogP contribution in [0.5, 0.6) is 0 Å². The second-order valence-corrected chi connectivity index (χ2v) is 5.27. The summed E-state index contributed by atoms with van der Waals surface area (Å²) >= 11 is 0. The van der Waals surface area contributed by atoms with Gasteiger partial charge in [0, 0.05) is 0 Å². The predicted octanol–water partition coefficient (Wildman–Crippen LogP) is 2.66. The van der Waals surface area contributed by atoms with Crippen molar-refractivity contribution in [1.82, 2.24) is 0 Å². The van der Waals surface area contributed by atoms with Gasteiger partial charge in [0.25, 0.3) is 10.1 Å². The minimum atomic E-state index is -3.65. The van der Waals surface area contributed by atoms with Crippen LogP contribution in [0.25, 0.3) is 0 Å². The molecule has 16 heavy (non-hydrogen) atoms. The van der Waals surface area contributed by atoms with Crippen molar-refractivity contribution in [3.05, 3.63) is 42.5 Å². The third kappa shape index (κ3) is 3.47. The first kappa shape index (κ1) is 12.9. The van der Waals surface area contributed by atoms with E-state index in [9.17, 15) is 8.42 Å². The number of hydrogen-bond donors (Lipinski definition) is 0. The van der Waals surface area contributed by atoms with Crippen molar-refractivity contribution in [3.63, 3.8) is 0 Å². The molecule has 1 aromatic rings. The fraction of sp³-hybridized carbons (Fsp3) is 0.333. The summed E-state index contributed by atoms with van der Waals surface area (Å²) in [7, 11) is -3.65. The molecule has 0 amide bonds. The molecule has 0 radical (unpaired) electrons. The third-order valence-corrected chi connectivity index (χ3v) is 3.53. The second kappa shape index (κ2) is 5.27. The molecule has 0 heterocycles. The highest BCUT2D eigenvalue weighted by Crippen LogP contribution is 2.16. The molecule has 0 aliphatic heterocycles. The van der Waals surface area contributed by atoms with Gasteiger partial charge in [-0.1, -0.05) is 23.8 Å². The van der Waals surface area contributed by atoms with Crippen molar-refractivity contribution >= 4 is 10.1 Å². The minimum absolute atomic E-state index is 0.189.